The van der Waals surface area contributed by atoms with Gasteiger partial charge in [0.2, 0.25) is 0 Å². The van der Waals surface area contributed by atoms with Crippen LogP contribution in [0.2, 0.25) is 0 Å². The number of allylic oxidation sites excluding steroid dienone is 4. The van der Waals surface area contributed by atoms with E-state index in [0.717, 1.165) is 116 Å². The van der Waals surface area contributed by atoms with Gasteiger partial charge in [-0.15, -0.1) is 0 Å². The number of ether oxygens (including phenoxy) is 4. The summed E-state index contributed by atoms with van der Waals surface area (Å²) in [7, 11) is 0. The second-order valence-electron chi connectivity index (χ2n) is 18.8. The van der Waals surface area contributed by atoms with Crippen LogP contribution in [0.15, 0.2) is 95.6 Å². The van der Waals surface area contributed by atoms with Crippen molar-refractivity contribution in [3.05, 3.63) is 146 Å². The fourth-order valence-electron chi connectivity index (χ4n) is 9.71. The molecule has 0 radical (unpaired) electrons. The highest BCUT2D eigenvalue weighted by molar-refractivity contribution is 7.80. The third-order valence-corrected chi connectivity index (χ3v) is 13.1. The molecule has 2 aliphatic carbocycles. The number of likely N-dealkylation sites (N-methyl/N-ethyl adjacent to an activating group) is 2. The highest BCUT2D eigenvalue weighted by atomic mass is 32.1. The van der Waals surface area contributed by atoms with Crippen molar-refractivity contribution in [3.8, 4) is 23.0 Å². The lowest BCUT2D eigenvalue weighted by Crippen LogP contribution is -2.56. The molecule has 1 heterocycles. The normalized spacial score (nSPS) is 16.1. The number of nitrogens with zero attached hydrogens (tertiary/aromatic N) is 2. The molecule has 8 bridgehead atoms. The Morgan fingerprint density at radius 1 is 0.537 bits per heavy atom. The number of para-hydroxylation sites is 3. The van der Waals surface area contributed by atoms with Crippen molar-refractivity contribution in [2.45, 2.75) is 120 Å². The van der Waals surface area contributed by atoms with Crippen LogP contribution in [-0.4, -0.2) is 66.2 Å². The molecule has 2 amide bonds. The van der Waals surface area contributed by atoms with Crippen LogP contribution in [0.25, 0.3) is 6.08 Å². The molecule has 1 saturated heterocycles. The fraction of sp³-hybridized carbons (Fsp3) is 0.431. The summed E-state index contributed by atoms with van der Waals surface area (Å²) in [6.45, 7) is 20.0. The van der Waals surface area contributed by atoms with E-state index in [4.69, 9.17) is 31.2 Å². The molecule has 67 heavy (non-hydrogen) atoms. The molecular formula is C58H70N2O6S. The number of hydrogen-bond acceptors (Lipinski definition) is 7. The minimum Gasteiger partial charge on any atom is -0.493 e. The second kappa shape index (κ2) is 22.4. The molecule has 0 saturated carbocycles. The van der Waals surface area contributed by atoms with E-state index in [-0.39, 0.29) is 27.9 Å². The number of fused-ring (bicyclic) bond motifs is 8. The van der Waals surface area contributed by atoms with E-state index in [1.54, 1.807) is 9.80 Å². The van der Waals surface area contributed by atoms with Gasteiger partial charge in [-0.1, -0.05) is 114 Å². The molecule has 0 aromatic heterocycles. The number of carbonyl (C=O) groups excluding carboxylic acids is 2. The van der Waals surface area contributed by atoms with Gasteiger partial charge in [-0.2, -0.15) is 0 Å². The van der Waals surface area contributed by atoms with Crippen LogP contribution in [-0.2, 0) is 35.3 Å². The van der Waals surface area contributed by atoms with E-state index in [0.29, 0.717) is 71.6 Å². The molecule has 4 aromatic carbocycles. The summed E-state index contributed by atoms with van der Waals surface area (Å²) in [5, 5.41) is 0.275. The molecular weight excluding hydrogens is 853 g/mol. The maximum Gasteiger partial charge on any atom is 0.265 e. The number of hydrogen-bond donors (Lipinski definition) is 0. The summed E-state index contributed by atoms with van der Waals surface area (Å²) in [6.07, 6.45) is 13.9. The lowest BCUT2D eigenvalue weighted by atomic mass is 9.73. The van der Waals surface area contributed by atoms with Crippen molar-refractivity contribution >= 4 is 35.2 Å². The predicted octanol–water partition coefficient (Wildman–Crippen LogP) is 12.6. The van der Waals surface area contributed by atoms with Gasteiger partial charge in [-0.25, -0.2) is 0 Å². The minimum atomic E-state index is -0.312. The average Bonchev–Trinajstić information content (AvgIpc) is 3.29. The quantitative estimate of drug-likeness (QED) is 0.0554. The third kappa shape index (κ3) is 11.2. The lowest BCUT2D eigenvalue weighted by molar-refractivity contribution is -0.133. The van der Waals surface area contributed by atoms with Crippen molar-refractivity contribution in [2.75, 3.05) is 39.5 Å². The van der Waals surface area contributed by atoms with Gasteiger partial charge < -0.3 is 18.9 Å². The number of amides is 2. The Bertz CT molecular complexity index is 2440. The smallest absolute Gasteiger partial charge is 0.265 e. The second-order valence-corrected chi connectivity index (χ2v) is 19.2. The van der Waals surface area contributed by atoms with Gasteiger partial charge in [0, 0.05) is 38.8 Å². The molecule has 8 nitrogen and oxygen atoms in total. The van der Waals surface area contributed by atoms with E-state index in [9.17, 15) is 9.59 Å². The molecule has 0 unspecified atom stereocenters. The molecule has 354 valence electrons. The van der Waals surface area contributed by atoms with Crippen molar-refractivity contribution in [1.82, 2.24) is 9.80 Å². The number of benzene rings is 4. The zero-order valence-electron chi connectivity index (χ0n) is 41.1. The Labute approximate surface area is 405 Å². The van der Waals surface area contributed by atoms with Gasteiger partial charge in [0.05, 0.1) is 26.4 Å². The summed E-state index contributed by atoms with van der Waals surface area (Å²) in [4.78, 5) is 30.9. The van der Waals surface area contributed by atoms with Gasteiger partial charge >= 0.3 is 0 Å². The molecule has 9 heteroatoms. The topological polar surface area (TPSA) is 77.5 Å². The average molecular weight is 923 g/mol. The minimum absolute atomic E-state index is 0.191. The van der Waals surface area contributed by atoms with Crippen LogP contribution in [0.3, 0.4) is 0 Å². The Morgan fingerprint density at radius 2 is 0.896 bits per heavy atom. The Kier molecular flexibility index (Phi) is 16.5. The largest absolute Gasteiger partial charge is 0.493 e. The highest BCUT2D eigenvalue weighted by Gasteiger charge is 2.41. The maximum atomic E-state index is 13.9. The van der Waals surface area contributed by atoms with Crippen molar-refractivity contribution in [2.24, 2.45) is 5.41 Å². The molecule has 1 aliphatic heterocycles. The van der Waals surface area contributed by atoms with Crippen LogP contribution in [0.4, 0.5) is 0 Å². The predicted molar refractivity (Wildman–Crippen MR) is 275 cm³/mol. The van der Waals surface area contributed by atoms with E-state index in [1.807, 2.05) is 13.8 Å². The number of carbonyl (C=O) groups is 2. The van der Waals surface area contributed by atoms with Crippen molar-refractivity contribution in [1.29, 1.82) is 0 Å². The summed E-state index contributed by atoms with van der Waals surface area (Å²) < 4.78 is 27.0. The first-order chi connectivity index (χ1) is 32.4. The first-order valence-electron chi connectivity index (χ1n) is 24.7. The number of rotatable bonds is 16. The van der Waals surface area contributed by atoms with E-state index < -0.39 is 0 Å². The molecule has 0 atom stereocenters. The number of thiocarbonyl (C=S) groups is 1. The van der Waals surface area contributed by atoms with E-state index in [1.165, 1.54) is 0 Å². The molecule has 3 aliphatic rings. The molecule has 0 N–H and O–H groups in total. The van der Waals surface area contributed by atoms with Gasteiger partial charge in [0.15, 0.2) is 5.11 Å². The molecule has 4 aromatic rings. The molecule has 1 fully saturated rings. The third-order valence-electron chi connectivity index (χ3n) is 12.7. The summed E-state index contributed by atoms with van der Waals surface area (Å²) in [5.74, 6) is 3.04. The standard InChI is InChI=1S/C58H70N2O6S/c1-9-26-63-51-41-18-15-19-42(51)34-44-21-17-23-46(53(44)65-28-11-3)36-48-31-39(30-47(54(48)66-29-12-4)35-45-22-16-20-43(33-41)52(45)64-27-10-2)24-25-40-32-49(38-58(7,8)37-40)50-55(61)59(13-5)57(67)60(14-6)56(50)62/h15-25,30-32H,9-14,26-29,33-38H2,1-8H3/b25-24+. The summed E-state index contributed by atoms with van der Waals surface area (Å²) >= 11 is 5.60. The molecule has 0 spiro atoms. The first kappa shape index (κ1) is 49.2. The van der Waals surface area contributed by atoms with Crippen LogP contribution < -0.4 is 18.9 Å². The SMILES string of the molecule is CCCOc1c2cccc1Cc1cccc(c1OCCC)Cc1cc(/C=C/C3=CC(=C4C(=O)N(CC)C(=S)N(CC)C4=O)CC(C)(C)C3)cc(c1OCCC)Cc1cccc(c1OCCC)C2. The van der Waals surface area contributed by atoms with Crippen LogP contribution >= 0.6 is 12.2 Å². The fourth-order valence-corrected chi connectivity index (χ4v) is 10.1. The van der Waals surface area contributed by atoms with Gasteiger partial charge in [0.25, 0.3) is 11.8 Å². The first-order valence-corrected chi connectivity index (χ1v) is 25.1. The monoisotopic (exact) mass is 922 g/mol. The van der Waals surface area contributed by atoms with Crippen LogP contribution in [0.1, 0.15) is 144 Å². The van der Waals surface area contributed by atoms with E-state index in [2.05, 4.69) is 127 Å². The van der Waals surface area contributed by atoms with Gasteiger partial charge in [-0.3, -0.25) is 19.4 Å². The zero-order chi connectivity index (χ0) is 47.7. The highest BCUT2D eigenvalue weighted by Crippen LogP contribution is 2.43. The van der Waals surface area contributed by atoms with Crippen molar-refractivity contribution < 1.29 is 28.5 Å². The van der Waals surface area contributed by atoms with Gasteiger partial charge in [0.1, 0.15) is 28.6 Å². The maximum absolute atomic E-state index is 13.9. The Morgan fingerprint density at radius 3 is 1.25 bits per heavy atom. The Balaban J connectivity index is 1.42. The van der Waals surface area contributed by atoms with Crippen LogP contribution in [0.5, 0.6) is 23.0 Å². The van der Waals surface area contributed by atoms with E-state index >= 15 is 0 Å². The summed E-state index contributed by atoms with van der Waals surface area (Å²) in [5.41, 5.74) is 11.7. The zero-order valence-corrected chi connectivity index (χ0v) is 42.0. The molecule has 7 rings (SSSR count). The lowest BCUT2D eigenvalue weighted by Gasteiger charge is -2.38. The van der Waals surface area contributed by atoms with Gasteiger partial charge in [-0.05, 0) is 143 Å². The Hall–Kier alpha value is -5.67. The summed E-state index contributed by atoms with van der Waals surface area (Å²) in [6, 6.07) is 24.1. The van der Waals surface area contributed by atoms with Crippen molar-refractivity contribution in [3.63, 3.8) is 0 Å². The van der Waals surface area contributed by atoms with Crippen LogP contribution in [0, 0.1) is 5.41 Å².